The molecular formula is C19H23F3N4O. The highest BCUT2D eigenvalue weighted by atomic mass is 19.4. The standard InChI is InChI=1S/C19H23F3N4O/c1-25-7-4-14(5-8-25)27-15-6-9-26(11-15)18-16-10-13(19(20,21)22)2-3-17(16)23-12-24-18/h2-3,10,12,14-15H,4-9,11H2,1H3. The predicted octanol–water partition coefficient (Wildman–Crippen LogP) is 3.34. The molecule has 1 aromatic heterocycles. The van der Waals surface area contributed by atoms with Gasteiger partial charge in [-0.1, -0.05) is 0 Å². The first-order chi connectivity index (χ1) is 12.9. The van der Waals surface area contributed by atoms with Crippen molar-refractivity contribution in [1.82, 2.24) is 14.9 Å². The van der Waals surface area contributed by atoms with Crippen molar-refractivity contribution in [1.29, 1.82) is 0 Å². The van der Waals surface area contributed by atoms with E-state index < -0.39 is 11.7 Å². The molecule has 0 N–H and O–H groups in total. The Morgan fingerprint density at radius 1 is 1.04 bits per heavy atom. The largest absolute Gasteiger partial charge is 0.416 e. The number of halogens is 3. The smallest absolute Gasteiger partial charge is 0.373 e. The van der Waals surface area contributed by atoms with Crippen LogP contribution in [0.2, 0.25) is 0 Å². The second kappa shape index (κ2) is 7.24. The van der Waals surface area contributed by atoms with Crippen LogP contribution in [0.4, 0.5) is 19.0 Å². The van der Waals surface area contributed by atoms with Gasteiger partial charge >= 0.3 is 6.18 Å². The Hall–Kier alpha value is -1.93. The molecule has 0 radical (unpaired) electrons. The Morgan fingerprint density at radius 2 is 1.78 bits per heavy atom. The number of hydrogen-bond donors (Lipinski definition) is 0. The summed E-state index contributed by atoms with van der Waals surface area (Å²) in [6, 6.07) is 3.62. The van der Waals surface area contributed by atoms with Crippen molar-refractivity contribution in [2.24, 2.45) is 0 Å². The van der Waals surface area contributed by atoms with Crippen LogP contribution in [0.1, 0.15) is 24.8 Å². The fraction of sp³-hybridized carbons (Fsp3) is 0.579. The van der Waals surface area contributed by atoms with Crippen molar-refractivity contribution < 1.29 is 17.9 Å². The molecule has 4 rings (SSSR count). The first-order valence-electron chi connectivity index (χ1n) is 9.31. The molecule has 0 aliphatic carbocycles. The second-order valence-corrected chi connectivity index (χ2v) is 7.42. The molecule has 1 atom stereocenters. The normalized spacial score (nSPS) is 22.7. The lowest BCUT2D eigenvalue weighted by molar-refractivity contribution is -0.137. The molecule has 2 fully saturated rings. The van der Waals surface area contributed by atoms with Gasteiger partial charge in [0.05, 0.1) is 23.3 Å². The summed E-state index contributed by atoms with van der Waals surface area (Å²) in [6.07, 6.45) is 0.301. The average Bonchev–Trinajstić information content (AvgIpc) is 3.10. The summed E-state index contributed by atoms with van der Waals surface area (Å²) in [5, 5.41) is 0.437. The molecule has 0 spiro atoms. The van der Waals surface area contributed by atoms with Crippen LogP contribution in [0.15, 0.2) is 24.5 Å². The van der Waals surface area contributed by atoms with Gasteiger partial charge in [0.2, 0.25) is 0 Å². The number of benzene rings is 1. The molecule has 1 aromatic carbocycles. The minimum atomic E-state index is -4.38. The quantitative estimate of drug-likeness (QED) is 0.817. The SMILES string of the molecule is CN1CCC(OC2CCN(c3ncnc4ccc(C(F)(F)F)cc34)C2)CC1. The van der Waals surface area contributed by atoms with Gasteiger partial charge in [-0.2, -0.15) is 13.2 Å². The molecule has 0 bridgehead atoms. The third kappa shape index (κ3) is 4.01. The van der Waals surface area contributed by atoms with Gasteiger partial charge in [-0.05, 0) is 44.5 Å². The molecular weight excluding hydrogens is 357 g/mol. The molecule has 27 heavy (non-hydrogen) atoms. The fourth-order valence-corrected chi connectivity index (χ4v) is 3.90. The summed E-state index contributed by atoms with van der Waals surface area (Å²) in [7, 11) is 2.11. The van der Waals surface area contributed by atoms with Gasteiger partial charge < -0.3 is 14.5 Å². The maximum Gasteiger partial charge on any atom is 0.416 e. The van der Waals surface area contributed by atoms with Crippen LogP contribution in [0.25, 0.3) is 10.9 Å². The molecule has 5 nitrogen and oxygen atoms in total. The lowest BCUT2D eigenvalue weighted by atomic mass is 10.1. The zero-order chi connectivity index (χ0) is 19.0. The summed E-state index contributed by atoms with van der Waals surface area (Å²) in [6.45, 7) is 3.45. The maximum atomic E-state index is 13.1. The van der Waals surface area contributed by atoms with Gasteiger partial charge in [-0.15, -0.1) is 0 Å². The van der Waals surface area contributed by atoms with Crippen LogP contribution in [0.5, 0.6) is 0 Å². The van der Waals surface area contributed by atoms with Gasteiger partial charge in [0, 0.05) is 31.6 Å². The van der Waals surface area contributed by atoms with E-state index in [1.165, 1.54) is 12.4 Å². The number of rotatable bonds is 3. The third-order valence-corrected chi connectivity index (χ3v) is 5.44. The minimum absolute atomic E-state index is 0.0919. The number of piperidine rings is 1. The van der Waals surface area contributed by atoms with Crippen LogP contribution in [0.3, 0.4) is 0 Å². The van der Waals surface area contributed by atoms with Gasteiger partial charge in [0.25, 0.3) is 0 Å². The number of anilines is 1. The molecule has 2 aliphatic rings. The molecule has 0 saturated carbocycles. The molecule has 2 aromatic rings. The topological polar surface area (TPSA) is 41.5 Å². The molecule has 146 valence electrons. The van der Waals surface area contributed by atoms with Crippen LogP contribution in [-0.2, 0) is 10.9 Å². The maximum absolute atomic E-state index is 13.1. The third-order valence-electron chi connectivity index (χ3n) is 5.44. The lowest BCUT2D eigenvalue weighted by Crippen LogP contribution is -2.36. The van der Waals surface area contributed by atoms with E-state index >= 15 is 0 Å². The van der Waals surface area contributed by atoms with Crippen molar-refractivity contribution in [2.75, 3.05) is 38.1 Å². The highest BCUT2D eigenvalue weighted by Gasteiger charge is 2.32. The highest BCUT2D eigenvalue weighted by molar-refractivity contribution is 5.90. The van der Waals surface area contributed by atoms with E-state index in [1.807, 2.05) is 4.90 Å². The average molecular weight is 380 g/mol. The second-order valence-electron chi connectivity index (χ2n) is 7.42. The van der Waals surface area contributed by atoms with E-state index in [1.54, 1.807) is 0 Å². The number of likely N-dealkylation sites (tertiary alicyclic amines) is 1. The molecule has 8 heteroatoms. The highest BCUT2D eigenvalue weighted by Crippen LogP contribution is 2.34. The Balaban J connectivity index is 1.51. The van der Waals surface area contributed by atoms with E-state index in [2.05, 4.69) is 21.9 Å². The van der Waals surface area contributed by atoms with E-state index in [-0.39, 0.29) is 12.2 Å². The van der Waals surface area contributed by atoms with Crippen molar-refractivity contribution in [2.45, 2.75) is 37.6 Å². The molecule has 2 aliphatic heterocycles. The first-order valence-corrected chi connectivity index (χ1v) is 9.31. The monoisotopic (exact) mass is 380 g/mol. The van der Waals surface area contributed by atoms with Crippen LogP contribution in [0, 0.1) is 0 Å². The Bertz CT molecular complexity index is 805. The first kappa shape index (κ1) is 18.4. The Kier molecular flexibility index (Phi) is 4.94. The zero-order valence-electron chi connectivity index (χ0n) is 15.2. The fourth-order valence-electron chi connectivity index (χ4n) is 3.90. The molecule has 0 amide bonds. The van der Waals surface area contributed by atoms with E-state index in [9.17, 15) is 13.2 Å². The number of nitrogens with zero attached hydrogens (tertiary/aromatic N) is 4. The summed E-state index contributed by atoms with van der Waals surface area (Å²) in [5.74, 6) is 0.556. The van der Waals surface area contributed by atoms with Gasteiger partial charge in [0.15, 0.2) is 0 Å². The molecule has 1 unspecified atom stereocenters. The Morgan fingerprint density at radius 3 is 2.52 bits per heavy atom. The zero-order valence-corrected chi connectivity index (χ0v) is 15.2. The van der Waals surface area contributed by atoms with E-state index in [0.717, 1.165) is 51.0 Å². The summed E-state index contributed by atoms with van der Waals surface area (Å²) in [4.78, 5) is 12.7. The number of alkyl halides is 3. The van der Waals surface area contributed by atoms with Crippen molar-refractivity contribution in [3.8, 4) is 0 Å². The van der Waals surface area contributed by atoms with Crippen LogP contribution >= 0.6 is 0 Å². The van der Waals surface area contributed by atoms with Crippen LogP contribution < -0.4 is 4.90 Å². The number of ether oxygens (including phenoxy) is 1. The number of hydrogen-bond acceptors (Lipinski definition) is 5. The summed E-state index contributed by atoms with van der Waals surface area (Å²) < 4.78 is 45.5. The number of fused-ring (bicyclic) bond motifs is 1. The molecule has 2 saturated heterocycles. The lowest BCUT2D eigenvalue weighted by Gasteiger charge is -2.30. The van der Waals surface area contributed by atoms with Crippen molar-refractivity contribution >= 4 is 16.7 Å². The van der Waals surface area contributed by atoms with E-state index in [4.69, 9.17) is 4.74 Å². The predicted molar refractivity (Wildman–Crippen MR) is 96.8 cm³/mol. The van der Waals surface area contributed by atoms with Crippen LogP contribution in [-0.4, -0.2) is 60.3 Å². The van der Waals surface area contributed by atoms with Gasteiger partial charge in [0.1, 0.15) is 12.1 Å². The molecule has 3 heterocycles. The van der Waals surface area contributed by atoms with Gasteiger partial charge in [-0.25, -0.2) is 9.97 Å². The Labute approximate surface area is 156 Å². The summed E-state index contributed by atoms with van der Waals surface area (Å²) >= 11 is 0. The summed E-state index contributed by atoms with van der Waals surface area (Å²) in [5.41, 5.74) is -0.156. The minimum Gasteiger partial charge on any atom is -0.373 e. The van der Waals surface area contributed by atoms with Crippen molar-refractivity contribution in [3.63, 3.8) is 0 Å². The van der Waals surface area contributed by atoms with Crippen molar-refractivity contribution in [3.05, 3.63) is 30.1 Å². The number of aromatic nitrogens is 2. The van der Waals surface area contributed by atoms with E-state index in [0.29, 0.717) is 23.3 Å². The van der Waals surface area contributed by atoms with Gasteiger partial charge in [-0.3, -0.25) is 0 Å².